The Labute approximate surface area is 178 Å². The molecule has 30 heavy (non-hydrogen) atoms. The van der Waals surface area contributed by atoms with Crippen LogP contribution in [0, 0.1) is 6.92 Å². The van der Waals surface area contributed by atoms with Gasteiger partial charge in [0.15, 0.2) is 0 Å². The molecule has 4 aromatic rings. The van der Waals surface area contributed by atoms with Crippen molar-refractivity contribution in [1.82, 2.24) is 0 Å². The summed E-state index contributed by atoms with van der Waals surface area (Å²) in [5.74, 6) is 1.30. The molecule has 150 valence electrons. The van der Waals surface area contributed by atoms with Gasteiger partial charge in [-0.3, -0.25) is 0 Å². The largest absolute Gasteiger partial charge is 0.497 e. The van der Waals surface area contributed by atoms with Crippen LogP contribution in [0.25, 0.3) is 28.0 Å². The Morgan fingerprint density at radius 3 is 2.47 bits per heavy atom. The number of rotatable bonds is 6. The predicted molar refractivity (Wildman–Crippen MR) is 122 cm³/mol. The minimum absolute atomic E-state index is 0.682. The second-order valence-electron chi connectivity index (χ2n) is 6.84. The van der Waals surface area contributed by atoms with Crippen LogP contribution in [0.4, 0.5) is 0 Å². The summed E-state index contributed by atoms with van der Waals surface area (Å²) in [6.07, 6.45) is 2.67. The molecule has 0 bridgehead atoms. The zero-order valence-corrected chi connectivity index (χ0v) is 17.4. The highest BCUT2D eigenvalue weighted by molar-refractivity contribution is 7.08. The molecule has 1 heterocycles. The van der Waals surface area contributed by atoms with Gasteiger partial charge in [-0.25, -0.2) is 4.79 Å². The zero-order chi connectivity index (χ0) is 21.1. The molecule has 0 amide bonds. The van der Waals surface area contributed by atoms with Gasteiger partial charge in [0.05, 0.1) is 7.11 Å². The van der Waals surface area contributed by atoms with Gasteiger partial charge in [-0.2, -0.15) is 11.3 Å². The SMILES string of the molecule is COc1ccc2c(Oc3ccc(/C=C/C(=O)O)cc3)c(-c3ccsc3)c(C)cc2c1. The Balaban J connectivity index is 1.81. The van der Waals surface area contributed by atoms with E-state index in [1.807, 2.05) is 42.5 Å². The van der Waals surface area contributed by atoms with E-state index in [2.05, 4.69) is 29.8 Å². The summed E-state index contributed by atoms with van der Waals surface area (Å²) in [6, 6.07) is 17.6. The molecule has 0 aliphatic heterocycles. The van der Waals surface area contributed by atoms with Crippen LogP contribution in [0.1, 0.15) is 11.1 Å². The van der Waals surface area contributed by atoms with Crippen molar-refractivity contribution < 1.29 is 19.4 Å². The molecule has 1 N–H and O–H groups in total. The van der Waals surface area contributed by atoms with Crippen LogP contribution in [0.2, 0.25) is 0 Å². The Kier molecular flexibility index (Phi) is 5.55. The summed E-state index contributed by atoms with van der Waals surface area (Å²) >= 11 is 1.65. The molecule has 4 nitrogen and oxygen atoms in total. The first-order valence-electron chi connectivity index (χ1n) is 9.38. The zero-order valence-electron chi connectivity index (χ0n) is 16.6. The summed E-state index contributed by atoms with van der Waals surface area (Å²) < 4.78 is 11.8. The Bertz CT molecular complexity index is 1220. The number of hydrogen-bond acceptors (Lipinski definition) is 4. The number of benzene rings is 3. The lowest BCUT2D eigenvalue weighted by Gasteiger charge is -2.17. The van der Waals surface area contributed by atoms with Crippen molar-refractivity contribution in [2.45, 2.75) is 6.92 Å². The highest BCUT2D eigenvalue weighted by atomic mass is 32.1. The quantitative estimate of drug-likeness (QED) is 0.352. The second-order valence-corrected chi connectivity index (χ2v) is 7.62. The van der Waals surface area contributed by atoms with Crippen LogP contribution < -0.4 is 9.47 Å². The van der Waals surface area contributed by atoms with Crippen LogP contribution in [0.3, 0.4) is 0 Å². The lowest BCUT2D eigenvalue weighted by molar-refractivity contribution is -0.131. The fourth-order valence-corrected chi connectivity index (χ4v) is 4.06. The molecule has 0 fully saturated rings. The molecule has 4 rings (SSSR count). The smallest absolute Gasteiger partial charge is 0.328 e. The summed E-state index contributed by atoms with van der Waals surface area (Å²) in [7, 11) is 1.66. The molecule has 0 unspecified atom stereocenters. The molecule has 0 saturated carbocycles. The molecule has 0 spiro atoms. The molecule has 0 aliphatic rings. The van der Waals surface area contributed by atoms with E-state index in [0.717, 1.165) is 50.6 Å². The van der Waals surface area contributed by atoms with Crippen LogP contribution >= 0.6 is 11.3 Å². The lowest BCUT2D eigenvalue weighted by Crippen LogP contribution is -1.94. The van der Waals surface area contributed by atoms with Gasteiger partial charge in [0, 0.05) is 17.0 Å². The highest BCUT2D eigenvalue weighted by Crippen LogP contribution is 2.43. The van der Waals surface area contributed by atoms with Crippen LogP contribution in [0.15, 0.2) is 71.4 Å². The summed E-state index contributed by atoms with van der Waals surface area (Å²) in [5.41, 5.74) is 4.09. The average molecular weight is 416 g/mol. The van der Waals surface area contributed by atoms with Crippen molar-refractivity contribution in [2.75, 3.05) is 7.11 Å². The number of fused-ring (bicyclic) bond motifs is 1. The molecule has 3 aromatic carbocycles. The molecule has 0 atom stereocenters. The number of methoxy groups -OCH3 is 1. The summed E-state index contributed by atoms with van der Waals surface area (Å²) in [5, 5.41) is 15.0. The second kappa shape index (κ2) is 8.43. The standard InChI is InChI=1S/C25H20O4S/c1-16-13-19-14-21(28-2)8-9-22(19)25(24(16)18-11-12-30-15-18)29-20-6-3-17(4-7-20)5-10-23(26)27/h3-15H,1-2H3,(H,26,27)/b10-5+. The Morgan fingerprint density at radius 2 is 1.80 bits per heavy atom. The number of ether oxygens (including phenoxy) is 2. The van der Waals surface area contributed by atoms with Crippen LogP contribution in [0.5, 0.6) is 17.2 Å². The number of carboxylic acids is 1. The number of thiophene rings is 1. The molecule has 0 saturated heterocycles. The monoisotopic (exact) mass is 416 g/mol. The van der Waals surface area contributed by atoms with E-state index in [-0.39, 0.29) is 0 Å². The van der Waals surface area contributed by atoms with E-state index >= 15 is 0 Å². The highest BCUT2D eigenvalue weighted by Gasteiger charge is 2.16. The van der Waals surface area contributed by atoms with E-state index in [9.17, 15) is 4.79 Å². The topological polar surface area (TPSA) is 55.8 Å². The van der Waals surface area contributed by atoms with Gasteiger partial charge in [-0.05, 0) is 82.2 Å². The lowest BCUT2D eigenvalue weighted by atomic mass is 9.96. The minimum Gasteiger partial charge on any atom is -0.497 e. The van der Waals surface area contributed by atoms with E-state index in [4.69, 9.17) is 14.6 Å². The third-order valence-corrected chi connectivity index (χ3v) is 5.51. The van der Waals surface area contributed by atoms with E-state index < -0.39 is 5.97 Å². The first-order valence-corrected chi connectivity index (χ1v) is 10.3. The number of aryl methyl sites for hydroxylation is 1. The van der Waals surface area contributed by atoms with Gasteiger partial charge in [0.2, 0.25) is 0 Å². The molecular weight excluding hydrogens is 396 g/mol. The maximum absolute atomic E-state index is 10.7. The van der Waals surface area contributed by atoms with Crippen molar-refractivity contribution >= 4 is 34.2 Å². The van der Waals surface area contributed by atoms with E-state index in [0.29, 0.717) is 5.75 Å². The molecule has 1 aromatic heterocycles. The van der Waals surface area contributed by atoms with Crippen molar-refractivity contribution in [1.29, 1.82) is 0 Å². The van der Waals surface area contributed by atoms with Gasteiger partial charge >= 0.3 is 5.97 Å². The Hall–Kier alpha value is -3.57. The van der Waals surface area contributed by atoms with Crippen molar-refractivity contribution in [3.05, 3.63) is 82.6 Å². The summed E-state index contributed by atoms with van der Waals surface area (Å²) in [6.45, 7) is 2.08. The number of aliphatic carboxylic acids is 1. The molecule has 0 radical (unpaired) electrons. The van der Waals surface area contributed by atoms with Crippen molar-refractivity contribution in [2.24, 2.45) is 0 Å². The molecule has 5 heteroatoms. The average Bonchev–Trinajstić information content (AvgIpc) is 3.27. The third-order valence-electron chi connectivity index (χ3n) is 4.82. The van der Waals surface area contributed by atoms with Crippen molar-refractivity contribution in [3.8, 4) is 28.4 Å². The molecule has 0 aliphatic carbocycles. The van der Waals surface area contributed by atoms with Gasteiger partial charge in [-0.1, -0.05) is 18.2 Å². The van der Waals surface area contributed by atoms with Gasteiger partial charge < -0.3 is 14.6 Å². The van der Waals surface area contributed by atoms with Gasteiger partial charge in [0.25, 0.3) is 0 Å². The summed E-state index contributed by atoms with van der Waals surface area (Å²) in [4.78, 5) is 10.7. The van der Waals surface area contributed by atoms with E-state index in [1.54, 1.807) is 24.5 Å². The number of hydrogen-bond donors (Lipinski definition) is 1. The van der Waals surface area contributed by atoms with Gasteiger partial charge in [0.1, 0.15) is 17.2 Å². The first-order chi connectivity index (χ1) is 14.5. The minimum atomic E-state index is -0.975. The fraction of sp³-hybridized carbons (Fsp3) is 0.0800. The maximum atomic E-state index is 10.7. The number of carboxylic acid groups (broad SMARTS) is 1. The normalized spacial score (nSPS) is 11.1. The fourth-order valence-electron chi connectivity index (χ4n) is 3.42. The van der Waals surface area contributed by atoms with E-state index in [1.165, 1.54) is 0 Å². The first kappa shape index (κ1) is 19.7. The van der Waals surface area contributed by atoms with Crippen molar-refractivity contribution in [3.63, 3.8) is 0 Å². The van der Waals surface area contributed by atoms with Crippen LogP contribution in [-0.4, -0.2) is 18.2 Å². The third kappa shape index (κ3) is 4.07. The predicted octanol–water partition coefficient (Wildman–Crippen LogP) is 6.78. The van der Waals surface area contributed by atoms with Crippen LogP contribution in [-0.2, 0) is 4.79 Å². The maximum Gasteiger partial charge on any atom is 0.328 e. The Morgan fingerprint density at radius 1 is 1.03 bits per heavy atom. The molecular formula is C25H20O4S. The number of carbonyl (C=O) groups is 1. The van der Waals surface area contributed by atoms with Gasteiger partial charge in [-0.15, -0.1) is 0 Å².